The molecule has 1 fully saturated rings. The van der Waals surface area contributed by atoms with E-state index in [9.17, 15) is 0 Å². The lowest BCUT2D eigenvalue weighted by Crippen LogP contribution is -2.41. The molecule has 0 radical (unpaired) electrons. The van der Waals surface area contributed by atoms with Crippen molar-refractivity contribution in [3.63, 3.8) is 0 Å². The van der Waals surface area contributed by atoms with Crippen LogP contribution in [-0.4, -0.2) is 42.7 Å². The molecule has 1 aliphatic heterocycles. The van der Waals surface area contributed by atoms with Crippen molar-refractivity contribution < 1.29 is 4.74 Å². The Balaban J connectivity index is 1.75. The number of aromatic nitrogens is 1. The third-order valence-electron chi connectivity index (χ3n) is 4.31. The van der Waals surface area contributed by atoms with Crippen LogP contribution < -0.4 is 5.32 Å². The van der Waals surface area contributed by atoms with Crippen LogP contribution in [-0.2, 0) is 4.74 Å². The van der Waals surface area contributed by atoms with Gasteiger partial charge in [-0.05, 0) is 31.5 Å². The molecule has 0 spiro atoms. The molecule has 0 amide bonds. The lowest BCUT2D eigenvalue weighted by molar-refractivity contribution is 0.0187. The number of anilines is 1. The van der Waals surface area contributed by atoms with Crippen molar-refractivity contribution in [3.8, 4) is 0 Å². The standard InChI is InChI=1S/C19H25N3O/c1-15-6-8-17(9-7-15)18(22-10-12-23-13-11-22)14-20-19-5-3-4-16(2)21-19/h3-9,18H,10-14H2,1-2H3,(H,20,21). The van der Waals surface area contributed by atoms with E-state index in [0.717, 1.165) is 44.4 Å². The van der Waals surface area contributed by atoms with E-state index in [2.05, 4.69) is 46.4 Å². The number of aryl methyl sites for hydroxylation is 2. The minimum atomic E-state index is 0.335. The number of nitrogens with one attached hydrogen (secondary N) is 1. The predicted octanol–water partition coefficient (Wildman–Crippen LogP) is 3.18. The molecule has 0 bridgehead atoms. The summed E-state index contributed by atoms with van der Waals surface area (Å²) in [7, 11) is 0. The molecule has 4 heteroatoms. The summed E-state index contributed by atoms with van der Waals surface area (Å²) < 4.78 is 5.51. The van der Waals surface area contributed by atoms with E-state index in [-0.39, 0.29) is 0 Å². The van der Waals surface area contributed by atoms with Crippen LogP contribution in [0.2, 0.25) is 0 Å². The van der Waals surface area contributed by atoms with Crippen LogP contribution in [0, 0.1) is 13.8 Å². The molecule has 4 nitrogen and oxygen atoms in total. The molecule has 1 N–H and O–H groups in total. The molecule has 1 atom stereocenters. The molecule has 1 aliphatic rings. The second-order valence-corrected chi connectivity index (χ2v) is 6.12. The van der Waals surface area contributed by atoms with Gasteiger partial charge in [-0.25, -0.2) is 4.98 Å². The fraction of sp³-hybridized carbons (Fsp3) is 0.421. The first-order valence-electron chi connectivity index (χ1n) is 8.28. The zero-order valence-corrected chi connectivity index (χ0v) is 14.0. The van der Waals surface area contributed by atoms with E-state index >= 15 is 0 Å². The van der Waals surface area contributed by atoms with Crippen LogP contribution in [0.5, 0.6) is 0 Å². The topological polar surface area (TPSA) is 37.4 Å². The van der Waals surface area contributed by atoms with Crippen LogP contribution in [0.3, 0.4) is 0 Å². The Bertz CT molecular complexity index is 621. The number of ether oxygens (including phenoxy) is 1. The molecule has 23 heavy (non-hydrogen) atoms. The summed E-state index contributed by atoms with van der Waals surface area (Å²) in [5.41, 5.74) is 3.67. The van der Waals surface area contributed by atoms with E-state index in [1.54, 1.807) is 0 Å². The van der Waals surface area contributed by atoms with Crippen molar-refractivity contribution in [3.05, 3.63) is 59.3 Å². The van der Waals surface area contributed by atoms with E-state index < -0.39 is 0 Å². The van der Waals surface area contributed by atoms with Gasteiger partial charge in [-0.1, -0.05) is 35.9 Å². The van der Waals surface area contributed by atoms with Crippen LogP contribution in [0.4, 0.5) is 5.82 Å². The Morgan fingerprint density at radius 2 is 1.83 bits per heavy atom. The van der Waals surface area contributed by atoms with Crippen LogP contribution >= 0.6 is 0 Å². The summed E-state index contributed by atoms with van der Waals surface area (Å²) in [4.78, 5) is 7.04. The summed E-state index contributed by atoms with van der Waals surface area (Å²) >= 11 is 0. The first-order valence-corrected chi connectivity index (χ1v) is 8.28. The summed E-state index contributed by atoms with van der Waals surface area (Å²) in [6.45, 7) is 8.56. The van der Waals surface area contributed by atoms with Gasteiger partial charge in [-0.3, -0.25) is 4.90 Å². The fourth-order valence-electron chi connectivity index (χ4n) is 2.98. The molecular weight excluding hydrogens is 286 g/mol. The molecule has 0 aliphatic carbocycles. The van der Waals surface area contributed by atoms with E-state index in [0.29, 0.717) is 6.04 Å². The smallest absolute Gasteiger partial charge is 0.126 e. The van der Waals surface area contributed by atoms with Gasteiger partial charge in [0.15, 0.2) is 0 Å². The maximum absolute atomic E-state index is 5.51. The number of pyridine rings is 1. The molecule has 1 saturated heterocycles. The van der Waals surface area contributed by atoms with Gasteiger partial charge in [-0.2, -0.15) is 0 Å². The van der Waals surface area contributed by atoms with E-state index in [4.69, 9.17) is 4.74 Å². The van der Waals surface area contributed by atoms with Crippen molar-refractivity contribution in [1.29, 1.82) is 0 Å². The maximum Gasteiger partial charge on any atom is 0.126 e. The number of rotatable bonds is 5. The van der Waals surface area contributed by atoms with Crippen LogP contribution in [0.25, 0.3) is 0 Å². The second-order valence-electron chi connectivity index (χ2n) is 6.12. The Morgan fingerprint density at radius 3 is 2.52 bits per heavy atom. The highest BCUT2D eigenvalue weighted by atomic mass is 16.5. The zero-order valence-electron chi connectivity index (χ0n) is 14.0. The van der Waals surface area contributed by atoms with Crippen LogP contribution in [0.1, 0.15) is 22.9 Å². The van der Waals surface area contributed by atoms with Gasteiger partial charge >= 0.3 is 0 Å². The summed E-state index contributed by atoms with van der Waals surface area (Å²) in [6, 6.07) is 15.3. The highest BCUT2D eigenvalue weighted by Gasteiger charge is 2.22. The quantitative estimate of drug-likeness (QED) is 0.920. The minimum absolute atomic E-state index is 0.335. The molecule has 2 aromatic rings. The van der Waals surface area contributed by atoms with E-state index in [1.165, 1.54) is 11.1 Å². The van der Waals surface area contributed by atoms with Crippen molar-refractivity contribution >= 4 is 5.82 Å². The first kappa shape index (κ1) is 16.0. The molecule has 1 unspecified atom stereocenters. The molecular formula is C19H25N3O. The van der Waals surface area contributed by atoms with Crippen molar-refractivity contribution in [1.82, 2.24) is 9.88 Å². The van der Waals surface area contributed by atoms with Gasteiger partial charge < -0.3 is 10.1 Å². The Hall–Kier alpha value is -1.91. The van der Waals surface area contributed by atoms with E-state index in [1.807, 2.05) is 25.1 Å². The normalized spacial score (nSPS) is 17.0. The number of hydrogen-bond donors (Lipinski definition) is 1. The molecule has 3 rings (SSSR count). The molecule has 1 aromatic heterocycles. The minimum Gasteiger partial charge on any atom is -0.379 e. The molecule has 0 saturated carbocycles. The van der Waals surface area contributed by atoms with Gasteiger partial charge in [0.1, 0.15) is 5.82 Å². The van der Waals surface area contributed by atoms with Crippen molar-refractivity contribution in [2.75, 3.05) is 38.2 Å². The monoisotopic (exact) mass is 311 g/mol. The molecule has 122 valence electrons. The van der Waals surface area contributed by atoms with Gasteiger partial charge in [0.05, 0.1) is 19.3 Å². The summed E-state index contributed by atoms with van der Waals surface area (Å²) in [6.07, 6.45) is 0. The van der Waals surface area contributed by atoms with Gasteiger partial charge in [-0.15, -0.1) is 0 Å². The second kappa shape index (κ2) is 7.57. The predicted molar refractivity (Wildman–Crippen MR) is 93.8 cm³/mol. The third kappa shape index (κ3) is 4.30. The number of morpholine rings is 1. The highest BCUT2D eigenvalue weighted by Crippen LogP contribution is 2.23. The SMILES string of the molecule is Cc1ccc(C(CNc2cccc(C)n2)N2CCOCC2)cc1. The number of hydrogen-bond acceptors (Lipinski definition) is 4. The molecule has 2 heterocycles. The first-order chi connectivity index (χ1) is 11.2. The maximum atomic E-state index is 5.51. The third-order valence-corrected chi connectivity index (χ3v) is 4.31. The Kier molecular flexibility index (Phi) is 5.26. The Labute approximate surface area is 138 Å². The zero-order chi connectivity index (χ0) is 16.1. The lowest BCUT2D eigenvalue weighted by atomic mass is 10.0. The van der Waals surface area contributed by atoms with Gasteiger partial charge in [0, 0.05) is 25.3 Å². The summed E-state index contributed by atoms with van der Waals surface area (Å²) in [5.74, 6) is 0.940. The van der Waals surface area contributed by atoms with Crippen molar-refractivity contribution in [2.45, 2.75) is 19.9 Å². The highest BCUT2D eigenvalue weighted by molar-refractivity contribution is 5.36. The van der Waals surface area contributed by atoms with Crippen LogP contribution in [0.15, 0.2) is 42.5 Å². The number of nitrogens with zero attached hydrogens (tertiary/aromatic N) is 2. The average molecular weight is 311 g/mol. The Morgan fingerprint density at radius 1 is 1.09 bits per heavy atom. The molecule has 1 aromatic carbocycles. The van der Waals surface area contributed by atoms with Gasteiger partial charge in [0.2, 0.25) is 0 Å². The average Bonchev–Trinajstić information content (AvgIpc) is 2.58. The number of benzene rings is 1. The van der Waals surface area contributed by atoms with Gasteiger partial charge in [0.25, 0.3) is 0 Å². The lowest BCUT2D eigenvalue weighted by Gasteiger charge is -2.35. The largest absolute Gasteiger partial charge is 0.379 e. The summed E-state index contributed by atoms with van der Waals surface area (Å²) in [5, 5.41) is 3.50. The van der Waals surface area contributed by atoms with Crippen molar-refractivity contribution in [2.24, 2.45) is 0 Å². The fourth-order valence-corrected chi connectivity index (χ4v) is 2.98.